The van der Waals surface area contributed by atoms with Crippen molar-refractivity contribution in [2.75, 3.05) is 20.0 Å². The minimum absolute atomic E-state index is 0.0324. The van der Waals surface area contributed by atoms with E-state index in [1.807, 2.05) is 12.1 Å². The molecule has 0 aliphatic rings. The van der Waals surface area contributed by atoms with E-state index < -0.39 is 17.9 Å². The van der Waals surface area contributed by atoms with Crippen LogP contribution in [0.1, 0.15) is 15.9 Å². The highest BCUT2D eigenvalue weighted by atomic mass is 35.5. The number of hydrogen-bond donors (Lipinski definition) is 3. The number of rotatable bonds is 8. The Morgan fingerprint density at radius 1 is 1.00 bits per heavy atom. The van der Waals surface area contributed by atoms with Crippen LogP contribution in [-0.2, 0) is 11.2 Å². The average Bonchev–Trinajstić information content (AvgIpc) is 2.78. The molecule has 0 heterocycles. The van der Waals surface area contributed by atoms with Gasteiger partial charge in [-0.25, -0.2) is 4.79 Å². The van der Waals surface area contributed by atoms with Gasteiger partial charge in [0.05, 0.1) is 35.4 Å². The Hall–Kier alpha value is -3.42. The summed E-state index contributed by atoms with van der Waals surface area (Å²) < 4.78 is 10.9. The van der Waals surface area contributed by atoms with Gasteiger partial charge in [0.2, 0.25) is 0 Å². The van der Waals surface area contributed by atoms with Crippen LogP contribution in [0.25, 0.3) is 11.1 Å². The van der Waals surface area contributed by atoms with Gasteiger partial charge in [-0.3, -0.25) is 4.79 Å². The number of nitrogens with one attached hydrogen (secondary N) is 1. The van der Waals surface area contributed by atoms with Crippen molar-refractivity contribution in [1.29, 1.82) is 0 Å². The molecule has 0 aliphatic carbocycles. The molecule has 4 N–H and O–H groups in total. The number of carboxylic acids is 1. The molecule has 7 nitrogen and oxygen atoms in total. The molecule has 3 rings (SSSR count). The Morgan fingerprint density at radius 2 is 1.55 bits per heavy atom. The van der Waals surface area contributed by atoms with Crippen molar-refractivity contribution in [3.8, 4) is 22.6 Å². The van der Waals surface area contributed by atoms with Gasteiger partial charge in [-0.15, -0.1) is 0 Å². The number of benzene rings is 3. The minimum Gasteiger partial charge on any atom is -0.496 e. The summed E-state index contributed by atoms with van der Waals surface area (Å²) in [4.78, 5) is 24.4. The van der Waals surface area contributed by atoms with Crippen molar-refractivity contribution < 1.29 is 24.2 Å². The fraction of sp³-hybridized carbons (Fsp3) is 0.167. The van der Waals surface area contributed by atoms with E-state index in [2.05, 4.69) is 5.32 Å². The van der Waals surface area contributed by atoms with Crippen LogP contribution >= 0.6 is 23.2 Å². The van der Waals surface area contributed by atoms with E-state index in [-0.39, 0.29) is 22.0 Å². The molecule has 3 aromatic carbocycles. The van der Waals surface area contributed by atoms with E-state index in [4.69, 9.17) is 38.4 Å². The Kier molecular flexibility index (Phi) is 7.68. The van der Waals surface area contributed by atoms with Crippen molar-refractivity contribution in [1.82, 2.24) is 5.32 Å². The lowest BCUT2D eigenvalue weighted by Gasteiger charge is -2.17. The number of carbonyl (C=O) groups excluding carboxylic acids is 1. The maximum atomic E-state index is 12.6. The maximum Gasteiger partial charge on any atom is 0.326 e. The zero-order chi connectivity index (χ0) is 24.1. The van der Waals surface area contributed by atoms with Crippen LogP contribution in [0, 0.1) is 0 Å². The number of halogens is 2. The lowest BCUT2D eigenvalue weighted by Crippen LogP contribution is -2.42. The molecule has 0 unspecified atom stereocenters. The van der Waals surface area contributed by atoms with E-state index in [0.29, 0.717) is 22.7 Å². The van der Waals surface area contributed by atoms with Crippen LogP contribution in [0.4, 0.5) is 5.69 Å². The summed E-state index contributed by atoms with van der Waals surface area (Å²) in [5.74, 6) is -0.748. The summed E-state index contributed by atoms with van der Waals surface area (Å²) in [5, 5.41) is 12.4. The Balaban J connectivity index is 1.83. The Bertz CT molecular complexity index is 1140. The van der Waals surface area contributed by atoms with Crippen molar-refractivity contribution >= 4 is 40.8 Å². The standard InChI is InChI=1S/C24H22Cl2N2O5/c1-32-19-11-15(27)12-20(33-2)21(19)14-8-6-13(7-9-14)10-18(24(30)31)28-23(29)22-16(25)4-3-5-17(22)26/h3-9,11-12,18H,10,27H2,1-2H3,(H,28,29)(H,30,31)/t18-/m0/s1. The largest absolute Gasteiger partial charge is 0.496 e. The van der Waals surface area contributed by atoms with Crippen LogP contribution < -0.4 is 20.5 Å². The van der Waals surface area contributed by atoms with Crippen LogP contribution in [0.3, 0.4) is 0 Å². The SMILES string of the molecule is COc1cc(N)cc(OC)c1-c1ccc(C[C@H](NC(=O)c2c(Cl)cccc2Cl)C(=O)O)cc1. The first-order valence-corrected chi connectivity index (χ1v) is 10.6. The van der Waals surface area contributed by atoms with Crippen molar-refractivity contribution in [3.05, 3.63) is 75.8 Å². The number of anilines is 1. The highest BCUT2D eigenvalue weighted by molar-refractivity contribution is 6.39. The zero-order valence-electron chi connectivity index (χ0n) is 17.9. The van der Waals surface area contributed by atoms with Gasteiger partial charge < -0.3 is 25.6 Å². The van der Waals surface area contributed by atoms with Gasteiger partial charge in [-0.05, 0) is 23.3 Å². The molecule has 0 aromatic heterocycles. The molecule has 1 atom stereocenters. The molecular weight excluding hydrogens is 467 g/mol. The lowest BCUT2D eigenvalue weighted by molar-refractivity contribution is -0.139. The summed E-state index contributed by atoms with van der Waals surface area (Å²) in [5.41, 5.74) is 8.65. The molecular formula is C24H22Cl2N2O5. The monoisotopic (exact) mass is 488 g/mol. The molecule has 0 radical (unpaired) electrons. The first-order chi connectivity index (χ1) is 15.7. The fourth-order valence-corrected chi connectivity index (χ4v) is 3.97. The number of carbonyl (C=O) groups is 2. The lowest BCUT2D eigenvalue weighted by atomic mass is 9.98. The van der Waals surface area contributed by atoms with E-state index in [1.165, 1.54) is 26.4 Å². The third-order valence-electron chi connectivity index (χ3n) is 5.00. The molecule has 1 amide bonds. The summed E-state index contributed by atoms with van der Waals surface area (Å²) in [7, 11) is 3.08. The molecule has 3 aromatic rings. The quantitative estimate of drug-likeness (QED) is 0.396. The van der Waals surface area contributed by atoms with Gasteiger partial charge in [0.25, 0.3) is 5.91 Å². The summed E-state index contributed by atoms with van der Waals surface area (Å²) in [6.07, 6.45) is 0.0550. The number of ether oxygens (including phenoxy) is 2. The van der Waals surface area contributed by atoms with Gasteiger partial charge >= 0.3 is 5.97 Å². The second-order valence-corrected chi connectivity index (χ2v) is 7.98. The Labute approximate surface area is 201 Å². The summed E-state index contributed by atoms with van der Waals surface area (Å²) in [6.45, 7) is 0. The number of carboxylic acid groups (broad SMARTS) is 1. The molecule has 0 bridgehead atoms. The highest BCUT2D eigenvalue weighted by Gasteiger charge is 2.24. The second kappa shape index (κ2) is 10.5. The smallest absolute Gasteiger partial charge is 0.326 e. The molecule has 0 fully saturated rings. The van der Waals surface area contributed by atoms with Crippen LogP contribution in [0.2, 0.25) is 10.0 Å². The molecule has 0 aliphatic heterocycles. The number of amides is 1. The topological polar surface area (TPSA) is 111 Å². The first-order valence-electron chi connectivity index (χ1n) is 9.83. The van der Waals surface area contributed by atoms with E-state index in [9.17, 15) is 14.7 Å². The second-order valence-electron chi connectivity index (χ2n) is 7.16. The number of methoxy groups -OCH3 is 2. The van der Waals surface area contributed by atoms with Crippen LogP contribution in [0.15, 0.2) is 54.6 Å². The molecule has 0 saturated heterocycles. The van der Waals surface area contributed by atoms with Crippen LogP contribution in [0.5, 0.6) is 11.5 Å². The highest BCUT2D eigenvalue weighted by Crippen LogP contribution is 2.40. The Morgan fingerprint density at radius 3 is 2.03 bits per heavy atom. The number of aliphatic carboxylic acids is 1. The average molecular weight is 489 g/mol. The fourth-order valence-electron chi connectivity index (χ4n) is 3.41. The van der Waals surface area contributed by atoms with E-state index >= 15 is 0 Å². The number of nitrogens with two attached hydrogens (primary N) is 1. The number of hydrogen-bond acceptors (Lipinski definition) is 5. The molecule has 9 heteroatoms. The van der Waals surface area contributed by atoms with Crippen molar-refractivity contribution in [2.24, 2.45) is 0 Å². The third-order valence-corrected chi connectivity index (χ3v) is 5.63. The van der Waals surface area contributed by atoms with Crippen molar-refractivity contribution in [2.45, 2.75) is 12.5 Å². The van der Waals surface area contributed by atoms with Crippen LogP contribution in [-0.4, -0.2) is 37.2 Å². The molecule has 0 spiro atoms. The normalized spacial score (nSPS) is 11.5. The van der Waals surface area contributed by atoms with Gasteiger partial charge in [-0.1, -0.05) is 53.5 Å². The van der Waals surface area contributed by atoms with Crippen molar-refractivity contribution in [3.63, 3.8) is 0 Å². The summed E-state index contributed by atoms with van der Waals surface area (Å²) >= 11 is 12.1. The number of nitrogen functional groups attached to an aromatic ring is 1. The molecule has 0 saturated carbocycles. The van der Waals surface area contributed by atoms with E-state index in [0.717, 1.165) is 11.1 Å². The van der Waals surface area contributed by atoms with Gasteiger partial charge in [0, 0.05) is 24.2 Å². The minimum atomic E-state index is -1.18. The summed E-state index contributed by atoms with van der Waals surface area (Å²) in [6, 6.07) is 14.0. The molecule has 33 heavy (non-hydrogen) atoms. The predicted molar refractivity (Wildman–Crippen MR) is 128 cm³/mol. The maximum absolute atomic E-state index is 12.6. The molecule has 172 valence electrons. The zero-order valence-corrected chi connectivity index (χ0v) is 19.4. The van der Waals surface area contributed by atoms with E-state index in [1.54, 1.807) is 30.3 Å². The first kappa shape index (κ1) is 24.2. The van der Waals surface area contributed by atoms with Gasteiger partial charge in [0.15, 0.2) is 0 Å². The third kappa shape index (κ3) is 5.50. The van der Waals surface area contributed by atoms with Gasteiger partial charge in [0.1, 0.15) is 17.5 Å². The predicted octanol–water partition coefficient (Wildman–Crippen LogP) is 4.69. The van der Waals surface area contributed by atoms with Gasteiger partial charge in [-0.2, -0.15) is 0 Å².